The van der Waals surface area contributed by atoms with E-state index in [1.54, 1.807) is 0 Å². The van der Waals surface area contributed by atoms with Crippen LogP contribution in [0.1, 0.15) is 56.5 Å². The summed E-state index contributed by atoms with van der Waals surface area (Å²) < 4.78 is 2.07. The molecule has 1 heterocycles. The number of hydrogen-bond donors (Lipinski definition) is 1. The lowest BCUT2D eigenvalue weighted by Gasteiger charge is -2.06. The van der Waals surface area contributed by atoms with Crippen LogP contribution in [0.5, 0.6) is 0 Å². The molecule has 1 aliphatic carbocycles. The lowest BCUT2D eigenvalue weighted by atomic mass is 10.0. The van der Waals surface area contributed by atoms with E-state index in [1.165, 1.54) is 31.4 Å². The van der Waals surface area contributed by atoms with E-state index in [4.69, 9.17) is 10.7 Å². The molecular formula is C12H21N3. The van der Waals surface area contributed by atoms with Crippen molar-refractivity contribution < 1.29 is 0 Å². The van der Waals surface area contributed by atoms with E-state index >= 15 is 0 Å². The third-order valence-electron chi connectivity index (χ3n) is 3.48. The van der Waals surface area contributed by atoms with Gasteiger partial charge < -0.3 is 10.3 Å². The molecule has 0 unspecified atom stereocenters. The first kappa shape index (κ1) is 10.5. The maximum absolute atomic E-state index is 6.11. The van der Waals surface area contributed by atoms with Crippen molar-refractivity contribution in [2.75, 3.05) is 5.73 Å². The fraction of sp³-hybridized carbons (Fsp3) is 0.750. The Kier molecular flexibility index (Phi) is 2.98. The van der Waals surface area contributed by atoms with Gasteiger partial charge in [0, 0.05) is 19.4 Å². The van der Waals surface area contributed by atoms with Gasteiger partial charge in [-0.25, -0.2) is 4.98 Å². The SMILES string of the molecule is CCCc1nc(C2CCCC2)c(N)n1C. The van der Waals surface area contributed by atoms with Crippen molar-refractivity contribution in [3.8, 4) is 0 Å². The highest BCUT2D eigenvalue weighted by Crippen LogP contribution is 2.36. The van der Waals surface area contributed by atoms with E-state index in [9.17, 15) is 0 Å². The zero-order valence-corrected chi connectivity index (χ0v) is 9.79. The zero-order valence-electron chi connectivity index (χ0n) is 9.79. The van der Waals surface area contributed by atoms with Crippen molar-refractivity contribution in [1.82, 2.24) is 9.55 Å². The summed E-state index contributed by atoms with van der Waals surface area (Å²) in [5.74, 6) is 2.67. The summed E-state index contributed by atoms with van der Waals surface area (Å²) in [7, 11) is 2.03. The van der Waals surface area contributed by atoms with Gasteiger partial charge in [-0.3, -0.25) is 0 Å². The predicted octanol–water partition coefficient (Wildman–Crippen LogP) is 2.61. The molecule has 0 atom stereocenters. The number of nitrogens with two attached hydrogens (primary N) is 1. The Balaban J connectivity index is 2.27. The van der Waals surface area contributed by atoms with Crippen LogP contribution in [0.2, 0.25) is 0 Å². The van der Waals surface area contributed by atoms with E-state index in [2.05, 4.69) is 11.5 Å². The number of nitrogen functional groups attached to an aromatic ring is 1. The molecule has 0 amide bonds. The first-order valence-corrected chi connectivity index (χ1v) is 6.05. The van der Waals surface area contributed by atoms with Crippen molar-refractivity contribution in [3.63, 3.8) is 0 Å². The number of aryl methyl sites for hydroxylation is 1. The van der Waals surface area contributed by atoms with Crippen molar-refractivity contribution in [1.29, 1.82) is 0 Å². The molecule has 2 rings (SSSR count). The molecule has 0 spiro atoms. The molecule has 1 fully saturated rings. The van der Waals surface area contributed by atoms with Gasteiger partial charge in [-0.2, -0.15) is 0 Å². The molecule has 2 N–H and O–H groups in total. The Bertz CT molecular complexity index is 335. The van der Waals surface area contributed by atoms with Gasteiger partial charge in [-0.05, 0) is 19.3 Å². The highest BCUT2D eigenvalue weighted by molar-refractivity contribution is 5.40. The van der Waals surface area contributed by atoms with Gasteiger partial charge >= 0.3 is 0 Å². The molecule has 3 heteroatoms. The topological polar surface area (TPSA) is 43.8 Å². The van der Waals surface area contributed by atoms with Crippen molar-refractivity contribution in [3.05, 3.63) is 11.5 Å². The highest BCUT2D eigenvalue weighted by Gasteiger charge is 2.23. The first-order chi connectivity index (χ1) is 7.24. The number of imidazole rings is 1. The van der Waals surface area contributed by atoms with Crippen molar-refractivity contribution in [2.24, 2.45) is 7.05 Å². The number of rotatable bonds is 3. The second kappa shape index (κ2) is 4.25. The number of hydrogen-bond acceptors (Lipinski definition) is 2. The van der Waals surface area contributed by atoms with Crippen LogP contribution in [-0.2, 0) is 13.5 Å². The monoisotopic (exact) mass is 207 g/mol. The average Bonchev–Trinajstić information content (AvgIpc) is 2.82. The second-order valence-corrected chi connectivity index (χ2v) is 4.59. The number of nitrogens with zero attached hydrogens (tertiary/aromatic N) is 2. The minimum absolute atomic E-state index is 0.627. The van der Waals surface area contributed by atoms with Crippen LogP contribution in [0, 0.1) is 0 Å². The van der Waals surface area contributed by atoms with Crippen molar-refractivity contribution >= 4 is 5.82 Å². The Hall–Kier alpha value is -0.990. The maximum atomic E-state index is 6.11. The van der Waals surface area contributed by atoms with Gasteiger partial charge in [-0.15, -0.1) is 0 Å². The highest BCUT2D eigenvalue weighted by atomic mass is 15.1. The van der Waals surface area contributed by atoms with E-state index in [1.807, 2.05) is 7.05 Å². The van der Waals surface area contributed by atoms with Crippen LogP contribution in [0.25, 0.3) is 0 Å². The van der Waals surface area contributed by atoms with Crippen LogP contribution >= 0.6 is 0 Å². The standard InChI is InChI=1S/C12H21N3/c1-3-6-10-14-11(12(13)15(10)2)9-7-4-5-8-9/h9H,3-8,13H2,1-2H3. The lowest BCUT2D eigenvalue weighted by molar-refractivity contribution is 0.699. The molecule has 1 aromatic heterocycles. The molecular weight excluding hydrogens is 186 g/mol. The number of anilines is 1. The van der Waals surface area contributed by atoms with Gasteiger partial charge in [0.2, 0.25) is 0 Å². The minimum Gasteiger partial charge on any atom is -0.384 e. The summed E-state index contributed by atoms with van der Waals surface area (Å²) in [6.45, 7) is 2.18. The summed E-state index contributed by atoms with van der Waals surface area (Å²) in [6.07, 6.45) is 7.38. The Morgan fingerprint density at radius 2 is 2.07 bits per heavy atom. The van der Waals surface area contributed by atoms with Gasteiger partial charge in [0.25, 0.3) is 0 Å². The van der Waals surface area contributed by atoms with Crippen molar-refractivity contribution in [2.45, 2.75) is 51.4 Å². The summed E-state index contributed by atoms with van der Waals surface area (Å²) in [6, 6.07) is 0. The third-order valence-corrected chi connectivity index (χ3v) is 3.48. The minimum atomic E-state index is 0.627. The molecule has 0 aromatic carbocycles. The van der Waals surface area contributed by atoms with Crippen LogP contribution in [0.15, 0.2) is 0 Å². The fourth-order valence-corrected chi connectivity index (χ4v) is 2.53. The molecule has 1 aliphatic rings. The Morgan fingerprint density at radius 1 is 1.40 bits per heavy atom. The summed E-state index contributed by atoms with van der Waals surface area (Å²) >= 11 is 0. The Morgan fingerprint density at radius 3 is 2.67 bits per heavy atom. The molecule has 1 saturated carbocycles. The fourth-order valence-electron chi connectivity index (χ4n) is 2.53. The van der Waals surface area contributed by atoms with E-state index in [0.717, 1.165) is 24.5 Å². The molecule has 15 heavy (non-hydrogen) atoms. The van der Waals surface area contributed by atoms with Crippen LogP contribution < -0.4 is 5.73 Å². The van der Waals surface area contributed by atoms with Gasteiger partial charge in [-0.1, -0.05) is 19.8 Å². The lowest BCUT2D eigenvalue weighted by Crippen LogP contribution is -2.02. The van der Waals surface area contributed by atoms with E-state index < -0.39 is 0 Å². The van der Waals surface area contributed by atoms with E-state index in [0.29, 0.717) is 5.92 Å². The van der Waals surface area contributed by atoms with Crippen LogP contribution in [0.4, 0.5) is 5.82 Å². The van der Waals surface area contributed by atoms with Gasteiger partial charge in [0.05, 0.1) is 5.69 Å². The van der Waals surface area contributed by atoms with Crippen LogP contribution in [0.3, 0.4) is 0 Å². The molecule has 0 radical (unpaired) electrons. The van der Waals surface area contributed by atoms with E-state index in [-0.39, 0.29) is 0 Å². The average molecular weight is 207 g/mol. The zero-order chi connectivity index (χ0) is 10.8. The molecule has 0 aliphatic heterocycles. The second-order valence-electron chi connectivity index (χ2n) is 4.59. The largest absolute Gasteiger partial charge is 0.384 e. The summed E-state index contributed by atoms with van der Waals surface area (Å²) in [4.78, 5) is 4.72. The predicted molar refractivity (Wildman–Crippen MR) is 62.8 cm³/mol. The quantitative estimate of drug-likeness (QED) is 0.828. The molecule has 84 valence electrons. The molecule has 3 nitrogen and oxygen atoms in total. The van der Waals surface area contributed by atoms with Gasteiger partial charge in [0.15, 0.2) is 0 Å². The third kappa shape index (κ3) is 1.87. The molecule has 1 aromatic rings. The summed E-state index contributed by atoms with van der Waals surface area (Å²) in [5, 5.41) is 0. The smallest absolute Gasteiger partial charge is 0.126 e. The van der Waals surface area contributed by atoms with Crippen LogP contribution in [-0.4, -0.2) is 9.55 Å². The molecule has 0 bridgehead atoms. The first-order valence-electron chi connectivity index (χ1n) is 6.05. The Labute approximate surface area is 91.7 Å². The molecule has 0 saturated heterocycles. The number of aromatic nitrogens is 2. The summed E-state index contributed by atoms with van der Waals surface area (Å²) in [5.41, 5.74) is 7.28. The maximum Gasteiger partial charge on any atom is 0.126 e. The van der Waals surface area contributed by atoms with Gasteiger partial charge in [0.1, 0.15) is 11.6 Å². The normalized spacial score (nSPS) is 17.5.